The van der Waals surface area contributed by atoms with Gasteiger partial charge in [0.2, 0.25) is 0 Å². The Hall–Kier alpha value is -0.400. The Balaban J connectivity index is 1.99. The molecule has 0 amide bonds. The first-order chi connectivity index (χ1) is 7.29. The molecular formula is C12H14Cl2O. The SMILES string of the molecule is ClCc1cc(Cl)ccc1OCC1CCC1. The van der Waals surface area contributed by atoms with Crippen molar-refractivity contribution in [1.29, 1.82) is 0 Å². The molecule has 0 radical (unpaired) electrons. The van der Waals surface area contributed by atoms with Crippen LogP contribution < -0.4 is 4.74 Å². The fourth-order valence-corrected chi connectivity index (χ4v) is 2.06. The van der Waals surface area contributed by atoms with E-state index >= 15 is 0 Å². The van der Waals surface area contributed by atoms with Gasteiger partial charge in [-0.05, 0) is 37.0 Å². The minimum absolute atomic E-state index is 0.445. The molecule has 0 unspecified atom stereocenters. The van der Waals surface area contributed by atoms with Crippen LogP contribution in [0.15, 0.2) is 18.2 Å². The number of ether oxygens (including phenoxy) is 1. The lowest BCUT2D eigenvalue weighted by atomic mass is 9.86. The minimum Gasteiger partial charge on any atom is -0.493 e. The standard InChI is InChI=1S/C12H14Cl2O/c13-7-10-6-11(14)4-5-12(10)15-8-9-2-1-3-9/h4-6,9H,1-3,7-8H2. The van der Waals surface area contributed by atoms with Crippen molar-refractivity contribution in [2.24, 2.45) is 5.92 Å². The van der Waals surface area contributed by atoms with Crippen molar-refractivity contribution in [2.75, 3.05) is 6.61 Å². The van der Waals surface area contributed by atoms with Gasteiger partial charge < -0.3 is 4.74 Å². The molecule has 1 fully saturated rings. The Morgan fingerprint density at radius 3 is 2.73 bits per heavy atom. The largest absolute Gasteiger partial charge is 0.493 e. The molecule has 0 atom stereocenters. The zero-order valence-electron chi connectivity index (χ0n) is 8.51. The predicted octanol–water partition coefficient (Wildman–Crippen LogP) is 4.26. The third-order valence-electron chi connectivity index (χ3n) is 2.87. The summed E-state index contributed by atoms with van der Waals surface area (Å²) < 4.78 is 5.74. The summed E-state index contributed by atoms with van der Waals surface area (Å²) in [6, 6.07) is 5.61. The van der Waals surface area contributed by atoms with E-state index in [0.29, 0.717) is 10.9 Å². The van der Waals surface area contributed by atoms with Crippen LogP contribution >= 0.6 is 23.2 Å². The third kappa shape index (κ3) is 2.79. The smallest absolute Gasteiger partial charge is 0.123 e. The van der Waals surface area contributed by atoms with Crippen molar-refractivity contribution >= 4 is 23.2 Å². The summed E-state index contributed by atoms with van der Waals surface area (Å²) in [5, 5.41) is 0.710. The van der Waals surface area contributed by atoms with Gasteiger partial charge in [0, 0.05) is 10.6 Å². The van der Waals surface area contributed by atoms with E-state index in [0.717, 1.165) is 23.8 Å². The summed E-state index contributed by atoms with van der Waals surface area (Å²) in [5.74, 6) is 2.06. The molecule has 2 rings (SSSR count). The van der Waals surface area contributed by atoms with Gasteiger partial charge in [-0.3, -0.25) is 0 Å². The van der Waals surface area contributed by atoms with E-state index < -0.39 is 0 Å². The highest BCUT2D eigenvalue weighted by Gasteiger charge is 2.18. The first-order valence-corrected chi connectivity index (χ1v) is 6.18. The minimum atomic E-state index is 0.445. The second-order valence-corrected chi connectivity index (χ2v) is 4.70. The van der Waals surface area contributed by atoms with E-state index in [4.69, 9.17) is 27.9 Å². The van der Waals surface area contributed by atoms with E-state index in [1.807, 2.05) is 18.2 Å². The molecule has 1 aliphatic carbocycles. The fourth-order valence-electron chi connectivity index (χ4n) is 1.66. The Morgan fingerprint density at radius 1 is 1.33 bits per heavy atom. The van der Waals surface area contributed by atoms with Gasteiger partial charge in [0.1, 0.15) is 5.75 Å². The van der Waals surface area contributed by atoms with Crippen LogP contribution in [-0.4, -0.2) is 6.61 Å². The topological polar surface area (TPSA) is 9.23 Å². The van der Waals surface area contributed by atoms with Gasteiger partial charge in [0.25, 0.3) is 0 Å². The van der Waals surface area contributed by atoms with E-state index in [2.05, 4.69) is 0 Å². The Labute approximate surface area is 100 Å². The second-order valence-electron chi connectivity index (χ2n) is 3.99. The maximum Gasteiger partial charge on any atom is 0.123 e. The van der Waals surface area contributed by atoms with Crippen molar-refractivity contribution < 1.29 is 4.74 Å². The van der Waals surface area contributed by atoms with E-state index in [1.165, 1.54) is 19.3 Å². The highest BCUT2D eigenvalue weighted by molar-refractivity contribution is 6.30. The molecule has 1 aliphatic rings. The molecule has 0 saturated heterocycles. The zero-order valence-corrected chi connectivity index (χ0v) is 10.0. The molecular weight excluding hydrogens is 231 g/mol. The van der Waals surface area contributed by atoms with Gasteiger partial charge in [0.15, 0.2) is 0 Å². The lowest BCUT2D eigenvalue weighted by Crippen LogP contribution is -2.19. The second kappa shape index (κ2) is 5.09. The molecule has 1 saturated carbocycles. The van der Waals surface area contributed by atoms with Crippen LogP contribution in [-0.2, 0) is 5.88 Å². The van der Waals surface area contributed by atoms with Crippen LogP contribution in [0.5, 0.6) is 5.75 Å². The van der Waals surface area contributed by atoms with Gasteiger partial charge >= 0.3 is 0 Å². The fraction of sp³-hybridized carbons (Fsp3) is 0.500. The molecule has 0 N–H and O–H groups in total. The summed E-state index contributed by atoms with van der Waals surface area (Å²) in [4.78, 5) is 0. The summed E-state index contributed by atoms with van der Waals surface area (Å²) in [6.07, 6.45) is 3.94. The quantitative estimate of drug-likeness (QED) is 0.720. The monoisotopic (exact) mass is 244 g/mol. The molecule has 0 spiro atoms. The molecule has 0 bridgehead atoms. The average Bonchev–Trinajstić information content (AvgIpc) is 2.17. The molecule has 1 aromatic carbocycles. The zero-order chi connectivity index (χ0) is 10.7. The molecule has 82 valence electrons. The molecule has 1 aromatic rings. The maximum absolute atomic E-state index is 5.88. The first kappa shape index (κ1) is 11.1. The number of alkyl halides is 1. The number of benzene rings is 1. The number of rotatable bonds is 4. The van der Waals surface area contributed by atoms with Crippen LogP contribution in [0.25, 0.3) is 0 Å². The van der Waals surface area contributed by atoms with E-state index in [9.17, 15) is 0 Å². The molecule has 1 nitrogen and oxygen atoms in total. The Morgan fingerprint density at radius 2 is 2.13 bits per heavy atom. The van der Waals surface area contributed by atoms with E-state index in [1.54, 1.807) is 0 Å². The maximum atomic E-state index is 5.88. The van der Waals surface area contributed by atoms with Crippen molar-refractivity contribution in [1.82, 2.24) is 0 Å². The van der Waals surface area contributed by atoms with Gasteiger partial charge in [-0.1, -0.05) is 18.0 Å². The van der Waals surface area contributed by atoms with E-state index in [-0.39, 0.29) is 0 Å². The van der Waals surface area contributed by atoms with Crippen LogP contribution in [0.2, 0.25) is 5.02 Å². The predicted molar refractivity (Wildman–Crippen MR) is 63.8 cm³/mol. The van der Waals surface area contributed by atoms with Crippen molar-refractivity contribution in [2.45, 2.75) is 25.1 Å². The molecule has 15 heavy (non-hydrogen) atoms. The van der Waals surface area contributed by atoms with Gasteiger partial charge in [0.05, 0.1) is 12.5 Å². The molecule has 0 aliphatic heterocycles. The lowest BCUT2D eigenvalue weighted by molar-refractivity contribution is 0.180. The molecule has 0 aromatic heterocycles. The summed E-state index contributed by atoms with van der Waals surface area (Å²) in [7, 11) is 0. The Bertz CT molecular complexity index is 334. The number of halogens is 2. The number of hydrogen-bond acceptors (Lipinski definition) is 1. The van der Waals surface area contributed by atoms with Crippen molar-refractivity contribution in [3.8, 4) is 5.75 Å². The van der Waals surface area contributed by atoms with Crippen LogP contribution in [0.3, 0.4) is 0 Å². The molecule has 0 heterocycles. The van der Waals surface area contributed by atoms with Crippen molar-refractivity contribution in [3.63, 3.8) is 0 Å². The van der Waals surface area contributed by atoms with Crippen LogP contribution in [0, 0.1) is 5.92 Å². The van der Waals surface area contributed by atoms with Crippen LogP contribution in [0.1, 0.15) is 24.8 Å². The number of hydrogen-bond donors (Lipinski definition) is 0. The first-order valence-electron chi connectivity index (χ1n) is 5.27. The summed E-state index contributed by atoms with van der Waals surface area (Å²) in [5.41, 5.74) is 0.975. The van der Waals surface area contributed by atoms with Crippen molar-refractivity contribution in [3.05, 3.63) is 28.8 Å². The normalized spacial score (nSPS) is 16.1. The highest BCUT2D eigenvalue weighted by Crippen LogP contribution is 2.29. The van der Waals surface area contributed by atoms with Gasteiger partial charge in [-0.15, -0.1) is 11.6 Å². The van der Waals surface area contributed by atoms with Gasteiger partial charge in [-0.25, -0.2) is 0 Å². The van der Waals surface area contributed by atoms with Crippen LogP contribution in [0.4, 0.5) is 0 Å². The average molecular weight is 245 g/mol. The molecule has 3 heteroatoms. The van der Waals surface area contributed by atoms with Gasteiger partial charge in [-0.2, -0.15) is 0 Å². The Kier molecular flexibility index (Phi) is 3.76. The highest BCUT2D eigenvalue weighted by atomic mass is 35.5. The lowest BCUT2D eigenvalue weighted by Gasteiger charge is -2.25. The third-order valence-corrected chi connectivity index (χ3v) is 3.39. The summed E-state index contributed by atoms with van der Waals surface area (Å²) in [6.45, 7) is 0.811. The summed E-state index contributed by atoms with van der Waals surface area (Å²) >= 11 is 11.7.